The molecule has 2 N–H and O–H groups in total. The third kappa shape index (κ3) is 2.14. The lowest BCUT2D eigenvalue weighted by molar-refractivity contribution is 0.0521. The van der Waals surface area contributed by atoms with Gasteiger partial charge in [0.05, 0.1) is 22.9 Å². The number of hydrogen-bond donors (Lipinski definition) is 1. The molecule has 0 radical (unpaired) electrons. The van der Waals surface area contributed by atoms with E-state index in [1.807, 2.05) is 0 Å². The van der Waals surface area contributed by atoms with Crippen molar-refractivity contribution in [3.63, 3.8) is 0 Å². The number of nitrogens with two attached hydrogens (primary N) is 1. The summed E-state index contributed by atoms with van der Waals surface area (Å²) in [7, 11) is 0. The van der Waals surface area contributed by atoms with Gasteiger partial charge in [-0.15, -0.1) is 0 Å². The van der Waals surface area contributed by atoms with E-state index in [9.17, 15) is 9.18 Å². The third-order valence-electron chi connectivity index (χ3n) is 1.58. The zero-order valence-electron chi connectivity index (χ0n) is 7.51. The van der Waals surface area contributed by atoms with Gasteiger partial charge in [-0.2, -0.15) is 0 Å². The van der Waals surface area contributed by atoms with Crippen LogP contribution in [0, 0.1) is 5.82 Å². The fourth-order valence-corrected chi connectivity index (χ4v) is 1.09. The molecule has 5 heteroatoms. The van der Waals surface area contributed by atoms with E-state index in [1.165, 1.54) is 0 Å². The molecule has 0 aliphatic heterocycles. The van der Waals surface area contributed by atoms with Gasteiger partial charge in [0.25, 0.3) is 0 Å². The molecule has 1 aromatic carbocycles. The Hall–Kier alpha value is -1.29. The van der Waals surface area contributed by atoms with Crippen LogP contribution in [0.15, 0.2) is 12.1 Å². The normalized spacial score (nSPS) is 9.93. The molecule has 1 aromatic rings. The Morgan fingerprint density at radius 1 is 1.64 bits per heavy atom. The first kappa shape index (κ1) is 10.8. The summed E-state index contributed by atoms with van der Waals surface area (Å²) < 4.78 is 17.8. The maximum Gasteiger partial charge on any atom is 0.341 e. The number of benzene rings is 1. The van der Waals surface area contributed by atoms with Gasteiger partial charge in [0.15, 0.2) is 0 Å². The van der Waals surface area contributed by atoms with Gasteiger partial charge in [-0.25, -0.2) is 9.18 Å². The predicted octanol–water partition coefficient (Wildman–Crippen LogP) is 2.24. The summed E-state index contributed by atoms with van der Waals surface area (Å²) >= 11 is 5.63. The van der Waals surface area contributed by atoms with Crippen molar-refractivity contribution in [2.75, 3.05) is 12.3 Å². The Kier molecular flexibility index (Phi) is 3.30. The van der Waals surface area contributed by atoms with Crippen molar-refractivity contribution >= 4 is 23.3 Å². The Bertz CT molecular complexity index is 368. The number of hydrogen-bond acceptors (Lipinski definition) is 3. The molecule has 0 amide bonds. The molecular formula is C9H9ClFNO2. The summed E-state index contributed by atoms with van der Waals surface area (Å²) in [5.41, 5.74) is 5.23. The van der Waals surface area contributed by atoms with E-state index >= 15 is 0 Å². The zero-order chi connectivity index (χ0) is 10.7. The minimum Gasteiger partial charge on any atom is -0.462 e. The highest BCUT2D eigenvalue weighted by atomic mass is 35.5. The van der Waals surface area contributed by atoms with Gasteiger partial charge >= 0.3 is 5.97 Å². The second-order valence-electron chi connectivity index (χ2n) is 2.57. The molecule has 3 nitrogen and oxygen atoms in total. The summed E-state index contributed by atoms with van der Waals surface area (Å²) in [6.45, 7) is 1.81. The average Bonchev–Trinajstić information content (AvgIpc) is 2.11. The van der Waals surface area contributed by atoms with Crippen LogP contribution in [0.25, 0.3) is 0 Å². The minimum absolute atomic E-state index is 0.0946. The molecule has 76 valence electrons. The Balaban J connectivity index is 3.09. The molecule has 0 atom stereocenters. The maximum atomic E-state index is 13.2. The molecule has 0 saturated heterocycles. The van der Waals surface area contributed by atoms with Crippen LogP contribution in [-0.2, 0) is 4.74 Å². The summed E-state index contributed by atoms with van der Waals surface area (Å²) in [4.78, 5) is 11.2. The highest BCUT2D eigenvalue weighted by molar-refractivity contribution is 6.33. The van der Waals surface area contributed by atoms with E-state index in [0.29, 0.717) is 0 Å². The molecule has 14 heavy (non-hydrogen) atoms. The number of rotatable bonds is 2. The molecule has 0 aliphatic rings. The second-order valence-corrected chi connectivity index (χ2v) is 2.98. The van der Waals surface area contributed by atoms with Gasteiger partial charge < -0.3 is 10.5 Å². The summed E-state index contributed by atoms with van der Waals surface area (Å²) in [6.07, 6.45) is 0. The lowest BCUT2D eigenvalue weighted by atomic mass is 10.2. The molecule has 0 bridgehead atoms. The monoisotopic (exact) mass is 217 g/mol. The SMILES string of the molecule is CCOC(=O)c1cc(Cl)c(N)cc1F. The van der Waals surface area contributed by atoms with Crippen LogP contribution >= 0.6 is 11.6 Å². The van der Waals surface area contributed by atoms with Crippen molar-refractivity contribution in [1.82, 2.24) is 0 Å². The molecule has 0 aliphatic carbocycles. The van der Waals surface area contributed by atoms with Crippen molar-refractivity contribution in [3.8, 4) is 0 Å². The number of carbonyl (C=O) groups is 1. The van der Waals surface area contributed by atoms with Crippen molar-refractivity contribution in [3.05, 3.63) is 28.5 Å². The van der Waals surface area contributed by atoms with E-state index in [4.69, 9.17) is 17.3 Å². The fourth-order valence-electron chi connectivity index (χ4n) is 0.927. The Morgan fingerprint density at radius 3 is 2.86 bits per heavy atom. The van der Waals surface area contributed by atoms with Gasteiger partial charge in [0, 0.05) is 0 Å². The van der Waals surface area contributed by atoms with Crippen LogP contribution in [-0.4, -0.2) is 12.6 Å². The largest absolute Gasteiger partial charge is 0.462 e. The molecule has 0 fully saturated rings. The Morgan fingerprint density at radius 2 is 2.29 bits per heavy atom. The predicted molar refractivity (Wildman–Crippen MR) is 51.8 cm³/mol. The van der Waals surface area contributed by atoms with Crippen LogP contribution in [0.3, 0.4) is 0 Å². The minimum atomic E-state index is -0.744. The van der Waals surface area contributed by atoms with Crippen LogP contribution in [0.1, 0.15) is 17.3 Å². The molecule has 0 heterocycles. The molecule has 0 spiro atoms. The third-order valence-corrected chi connectivity index (χ3v) is 1.91. The first-order valence-electron chi connectivity index (χ1n) is 3.98. The first-order chi connectivity index (χ1) is 6.56. The number of carbonyl (C=O) groups excluding carboxylic acids is 1. The highest BCUT2D eigenvalue weighted by Crippen LogP contribution is 2.23. The van der Waals surface area contributed by atoms with E-state index in [-0.39, 0.29) is 22.9 Å². The summed E-state index contributed by atoms with van der Waals surface area (Å²) in [5, 5.41) is 0.134. The lowest BCUT2D eigenvalue weighted by Crippen LogP contribution is -2.07. The number of anilines is 1. The highest BCUT2D eigenvalue weighted by Gasteiger charge is 2.14. The standard InChI is InChI=1S/C9H9ClFNO2/c1-2-14-9(13)5-3-6(10)8(12)4-7(5)11/h3-4H,2,12H2,1H3. The quantitative estimate of drug-likeness (QED) is 0.611. The van der Waals surface area contributed by atoms with Crippen molar-refractivity contribution in [1.29, 1.82) is 0 Å². The topological polar surface area (TPSA) is 52.3 Å². The Labute approximate surface area is 85.6 Å². The molecular weight excluding hydrogens is 209 g/mol. The molecule has 0 unspecified atom stereocenters. The zero-order valence-corrected chi connectivity index (χ0v) is 8.27. The number of halogens is 2. The van der Waals surface area contributed by atoms with Gasteiger partial charge in [0.2, 0.25) is 0 Å². The number of esters is 1. The van der Waals surface area contributed by atoms with Crippen molar-refractivity contribution in [2.45, 2.75) is 6.92 Å². The molecule has 0 saturated carbocycles. The lowest BCUT2D eigenvalue weighted by Gasteiger charge is -2.05. The van der Waals surface area contributed by atoms with Crippen LogP contribution in [0.4, 0.5) is 10.1 Å². The van der Waals surface area contributed by atoms with E-state index < -0.39 is 11.8 Å². The fraction of sp³-hybridized carbons (Fsp3) is 0.222. The van der Waals surface area contributed by atoms with Crippen LogP contribution < -0.4 is 5.73 Å². The average molecular weight is 218 g/mol. The van der Waals surface area contributed by atoms with Gasteiger partial charge in [0.1, 0.15) is 5.82 Å². The summed E-state index contributed by atoms with van der Waals surface area (Å²) in [5.74, 6) is -1.47. The van der Waals surface area contributed by atoms with Crippen molar-refractivity contribution < 1.29 is 13.9 Å². The molecule has 0 aromatic heterocycles. The van der Waals surface area contributed by atoms with Crippen LogP contribution in [0.2, 0.25) is 5.02 Å². The number of ether oxygens (including phenoxy) is 1. The first-order valence-corrected chi connectivity index (χ1v) is 4.35. The molecule has 1 rings (SSSR count). The number of nitrogen functional groups attached to an aromatic ring is 1. The smallest absolute Gasteiger partial charge is 0.341 e. The maximum absolute atomic E-state index is 13.2. The van der Waals surface area contributed by atoms with Gasteiger partial charge in [-0.1, -0.05) is 11.6 Å². The summed E-state index contributed by atoms with van der Waals surface area (Å²) in [6, 6.07) is 2.15. The van der Waals surface area contributed by atoms with Gasteiger partial charge in [-0.3, -0.25) is 0 Å². The van der Waals surface area contributed by atoms with E-state index in [2.05, 4.69) is 4.74 Å². The van der Waals surface area contributed by atoms with Gasteiger partial charge in [-0.05, 0) is 19.1 Å². The second kappa shape index (κ2) is 4.28. The van der Waals surface area contributed by atoms with Crippen LogP contribution in [0.5, 0.6) is 0 Å². The van der Waals surface area contributed by atoms with Crippen molar-refractivity contribution in [2.24, 2.45) is 0 Å². The van der Waals surface area contributed by atoms with E-state index in [1.54, 1.807) is 6.92 Å². The van der Waals surface area contributed by atoms with E-state index in [0.717, 1.165) is 12.1 Å².